The highest BCUT2D eigenvalue weighted by atomic mass is 19.1. The highest BCUT2D eigenvalue weighted by Crippen LogP contribution is 2.19. The maximum Gasteiger partial charge on any atom is 0.287 e. The van der Waals surface area contributed by atoms with Crippen molar-refractivity contribution in [3.8, 4) is 11.4 Å². The van der Waals surface area contributed by atoms with Crippen molar-refractivity contribution in [3.05, 3.63) is 53.1 Å². The number of fused-ring (bicyclic) bond motifs is 1. The summed E-state index contributed by atoms with van der Waals surface area (Å²) in [6, 6.07) is 5.25. The van der Waals surface area contributed by atoms with E-state index < -0.39 is 11.4 Å². The molecule has 0 saturated heterocycles. The molecule has 0 aromatic carbocycles. The van der Waals surface area contributed by atoms with Crippen molar-refractivity contribution in [1.82, 2.24) is 19.9 Å². The van der Waals surface area contributed by atoms with E-state index in [9.17, 15) is 9.18 Å². The maximum atomic E-state index is 13.6. The standard InChI is InChI=1S/C12H7FN4O/c13-10-11(16-6-17-12(10)18)8-4-7-2-1-3-14-9(7)5-15-8/h1-6H,(H,16,17,18). The lowest BCUT2D eigenvalue weighted by Gasteiger charge is -2.02. The molecule has 3 aromatic heterocycles. The van der Waals surface area contributed by atoms with Crippen LogP contribution in [0.3, 0.4) is 0 Å². The topological polar surface area (TPSA) is 71.5 Å². The molecule has 0 unspecified atom stereocenters. The summed E-state index contributed by atoms with van der Waals surface area (Å²) >= 11 is 0. The van der Waals surface area contributed by atoms with Gasteiger partial charge in [0, 0.05) is 11.6 Å². The van der Waals surface area contributed by atoms with Gasteiger partial charge in [-0.25, -0.2) is 4.98 Å². The minimum Gasteiger partial charge on any atom is -0.311 e. The molecule has 0 spiro atoms. The van der Waals surface area contributed by atoms with Gasteiger partial charge in [0.05, 0.1) is 23.7 Å². The molecule has 0 fully saturated rings. The summed E-state index contributed by atoms with van der Waals surface area (Å²) in [6.45, 7) is 0. The van der Waals surface area contributed by atoms with Gasteiger partial charge in [-0.2, -0.15) is 4.39 Å². The van der Waals surface area contributed by atoms with Gasteiger partial charge >= 0.3 is 0 Å². The Morgan fingerprint density at radius 2 is 2.11 bits per heavy atom. The SMILES string of the molecule is O=c1[nH]cnc(-c2cc3cccnc3cn2)c1F. The van der Waals surface area contributed by atoms with Crippen LogP contribution in [0.2, 0.25) is 0 Å². The Bertz CT molecular complexity index is 784. The number of pyridine rings is 2. The number of aromatic amines is 1. The van der Waals surface area contributed by atoms with Crippen LogP contribution in [-0.4, -0.2) is 19.9 Å². The van der Waals surface area contributed by atoms with Crippen molar-refractivity contribution in [2.75, 3.05) is 0 Å². The zero-order chi connectivity index (χ0) is 12.5. The fourth-order valence-corrected chi connectivity index (χ4v) is 1.67. The van der Waals surface area contributed by atoms with Crippen molar-refractivity contribution in [2.45, 2.75) is 0 Å². The lowest BCUT2D eigenvalue weighted by Crippen LogP contribution is -2.12. The van der Waals surface area contributed by atoms with Crippen molar-refractivity contribution < 1.29 is 4.39 Å². The van der Waals surface area contributed by atoms with E-state index in [2.05, 4.69) is 19.9 Å². The molecule has 6 heteroatoms. The molecule has 3 aromatic rings. The van der Waals surface area contributed by atoms with Gasteiger partial charge in [0.25, 0.3) is 5.56 Å². The Morgan fingerprint density at radius 3 is 3.00 bits per heavy atom. The number of halogens is 1. The van der Waals surface area contributed by atoms with Gasteiger partial charge in [0.15, 0.2) is 0 Å². The van der Waals surface area contributed by atoms with Gasteiger partial charge < -0.3 is 4.98 Å². The van der Waals surface area contributed by atoms with Crippen molar-refractivity contribution in [3.63, 3.8) is 0 Å². The summed E-state index contributed by atoms with van der Waals surface area (Å²) < 4.78 is 13.6. The number of hydrogen-bond acceptors (Lipinski definition) is 4. The van der Waals surface area contributed by atoms with Gasteiger partial charge in [0.2, 0.25) is 5.82 Å². The summed E-state index contributed by atoms with van der Waals surface area (Å²) in [5.41, 5.74) is 0.128. The lowest BCUT2D eigenvalue weighted by molar-refractivity contribution is 0.604. The average molecular weight is 242 g/mol. The molecule has 3 heterocycles. The average Bonchev–Trinajstić information content (AvgIpc) is 2.41. The molecule has 0 saturated carbocycles. The van der Waals surface area contributed by atoms with E-state index in [0.29, 0.717) is 11.2 Å². The summed E-state index contributed by atoms with van der Waals surface area (Å²) in [4.78, 5) is 25.3. The van der Waals surface area contributed by atoms with Crippen LogP contribution in [0.4, 0.5) is 4.39 Å². The zero-order valence-electron chi connectivity index (χ0n) is 9.09. The Hall–Kier alpha value is -2.63. The van der Waals surface area contributed by atoms with E-state index in [1.54, 1.807) is 18.3 Å². The van der Waals surface area contributed by atoms with Gasteiger partial charge in [-0.1, -0.05) is 6.07 Å². The monoisotopic (exact) mass is 242 g/mol. The summed E-state index contributed by atoms with van der Waals surface area (Å²) in [5.74, 6) is -0.937. The first-order chi connectivity index (χ1) is 8.75. The van der Waals surface area contributed by atoms with E-state index >= 15 is 0 Å². The Labute approximate surface area is 100 Å². The number of hydrogen-bond donors (Lipinski definition) is 1. The van der Waals surface area contributed by atoms with Crippen LogP contribution in [-0.2, 0) is 0 Å². The van der Waals surface area contributed by atoms with Gasteiger partial charge in [-0.15, -0.1) is 0 Å². The fraction of sp³-hybridized carbons (Fsp3) is 0. The van der Waals surface area contributed by atoms with E-state index in [-0.39, 0.29) is 5.69 Å². The molecule has 0 radical (unpaired) electrons. The minimum absolute atomic E-state index is 0.0653. The van der Waals surface area contributed by atoms with Gasteiger partial charge in [0.1, 0.15) is 5.69 Å². The van der Waals surface area contributed by atoms with Crippen molar-refractivity contribution in [1.29, 1.82) is 0 Å². The second-order valence-corrected chi connectivity index (χ2v) is 3.66. The normalized spacial score (nSPS) is 10.7. The first-order valence-electron chi connectivity index (χ1n) is 5.20. The third-order valence-corrected chi connectivity index (χ3v) is 2.53. The molecule has 0 bridgehead atoms. The summed E-state index contributed by atoms with van der Waals surface area (Å²) in [7, 11) is 0. The molecule has 88 valence electrons. The quantitative estimate of drug-likeness (QED) is 0.702. The zero-order valence-corrected chi connectivity index (χ0v) is 9.09. The van der Waals surface area contributed by atoms with E-state index in [1.165, 1.54) is 6.20 Å². The third-order valence-electron chi connectivity index (χ3n) is 2.53. The Kier molecular flexibility index (Phi) is 2.33. The molecule has 3 rings (SSSR count). The highest BCUT2D eigenvalue weighted by Gasteiger charge is 2.11. The predicted octanol–water partition coefficient (Wildman–Crippen LogP) is 1.52. The van der Waals surface area contributed by atoms with E-state index in [1.807, 2.05) is 6.07 Å². The Morgan fingerprint density at radius 1 is 1.22 bits per heavy atom. The molecule has 0 atom stereocenters. The van der Waals surface area contributed by atoms with Crippen LogP contribution in [0.15, 0.2) is 41.7 Å². The van der Waals surface area contributed by atoms with Crippen LogP contribution < -0.4 is 5.56 Å². The van der Waals surface area contributed by atoms with Gasteiger partial charge in [-0.05, 0) is 12.1 Å². The molecule has 18 heavy (non-hydrogen) atoms. The largest absolute Gasteiger partial charge is 0.311 e. The van der Waals surface area contributed by atoms with Crippen LogP contribution in [0.1, 0.15) is 0 Å². The molecule has 0 aliphatic heterocycles. The highest BCUT2D eigenvalue weighted by molar-refractivity contribution is 5.81. The molecule has 0 amide bonds. The van der Waals surface area contributed by atoms with E-state index in [4.69, 9.17) is 0 Å². The molecule has 0 aliphatic rings. The second kappa shape index (κ2) is 3.99. The molecular formula is C12H7FN4O. The van der Waals surface area contributed by atoms with E-state index in [0.717, 1.165) is 11.7 Å². The smallest absolute Gasteiger partial charge is 0.287 e. The van der Waals surface area contributed by atoms with Crippen LogP contribution in [0.25, 0.3) is 22.3 Å². The minimum atomic E-state index is -0.937. The summed E-state index contributed by atoms with van der Waals surface area (Å²) in [5, 5.41) is 0.809. The van der Waals surface area contributed by atoms with Crippen molar-refractivity contribution >= 4 is 10.9 Å². The number of rotatable bonds is 1. The van der Waals surface area contributed by atoms with Crippen LogP contribution >= 0.6 is 0 Å². The maximum absolute atomic E-state index is 13.6. The molecule has 5 nitrogen and oxygen atoms in total. The molecule has 0 aliphatic carbocycles. The molecule has 1 N–H and O–H groups in total. The fourth-order valence-electron chi connectivity index (χ4n) is 1.67. The summed E-state index contributed by atoms with van der Waals surface area (Å²) in [6.07, 6.45) is 4.32. The number of nitrogens with one attached hydrogen (secondary N) is 1. The number of aromatic nitrogens is 4. The first-order valence-corrected chi connectivity index (χ1v) is 5.20. The number of H-pyrrole nitrogens is 1. The third kappa shape index (κ3) is 1.64. The van der Waals surface area contributed by atoms with Crippen molar-refractivity contribution in [2.24, 2.45) is 0 Å². The second-order valence-electron chi connectivity index (χ2n) is 3.66. The Balaban J connectivity index is 2.26. The first kappa shape index (κ1) is 10.5. The van der Waals surface area contributed by atoms with Crippen LogP contribution in [0, 0.1) is 5.82 Å². The van der Waals surface area contributed by atoms with Crippen LogP contribution in [0.5, 0.6) is 0 Å². The lowest BCUT2D eigenvalue weighted by atomic mass is 10.2. The van der Waals surface area contributed by atoms with Gasteiger partial charge in [-0.3, -0.25) is 14.8 Å². The predicted molar refractivity (Wildman–Crippen MR) is 63.3 cm³/mol. The number of nitrogens with zero attached hydrogens (tertiary/aromatic N) is 3. The molecular weight excluding hydrogens is 235 g/mol.